The molecular weight excluding hydrogens is 605 g/mol. The van der Waals surface area contributed by atoms with Crippen LogP contribution < -0.4 is 0 Å². The van der Waals surface area contributed by atoms with E-state index in [0.717, 1.165) is 39.0 Å². The van der Waals surface area contributed by atoms with Crippen molar-refractivity contribution in [1.82, 2.24) is 9.97 Å². The van der Waals surface area contributed by atoms with Gasteiger partial charge in [-0.05, 0) is 46.0 Å². The van der Waals surface area contributed by atoms with Gasteiger partial charge in [-0.15, -0.1) is 71.3 Å². The average molecular weight is 633 g/mol. The van der Waals surface area contributed by atoms with Crippen LogP contribution in [0.15, 0.2) is 104 Å². The standard InChI is InChI=1S/C21H20N.C11H8N.Ir/c1-5-15-6-12-20-17(14-15)9-13-19(22-20)16-7-10-18(11-8-16)21(2,3)4;1-2-6-10(7-3-1)11-8-4-5-9-12-11;/h5-7,9-14H,1H2,2-4H3;1-6,8-9H;/q2*-1;. The van der Waals surface area contributed by atoms with Crippen molar-refractivity contribution in [3.63, 3.8) is 0 Å². The van der Waals surface area contributed by atoms with Crippen molar-refractivity contribution in [3.05, 3.63) is 127 Å². The number of nitrogens with zero attached hydrogens (tertiary/aromatic N) is 2. The van der Waals surface area contributed by atoms with Crippen LogP contribution in [0.1, 0.15) is 31.9 Å². The summed E-state index contributed by atoms with van der Waals surface area (Å²) < 4.78 is 0. The normalized spacial score (nSPS) is 10.6. The molecule has 2 aromatic heterocycles. The first-order chi connectivity index (χ1) is 16.4. The van der Waals surface area contributed by atoms with E-state index >= 15 is 0 Å². The zero-order valence-electron chi connectivity index (χ0n) is 20.2. The summed E-state index contributed by atoms with van der Waals surface area (Å²) in [5.74, 6) is 0. The molecule has 0 atom stereocenters. The van der Waals surface area contributed by atoms with Gasteiger partial charge in [0.05, 0.1) is 5.52 Å². The molecule has 5 rings (SSSR count). The molecule has 0 N–H and O–H groups in total. The molecule has 0 unspecified atom stereocenters. The minimum atomic E-state index is 0. The predicted octanol–water partition coefficient (Wildman–Crippen LogP) is 8.19. The Morgan fingerprint density at radius 2 is 1.60 bits per heavy atom. The Morgan fingerprint density at radius 1 is 0.800 bits per heavy atom. The molecule has 0 saturated heterocycles. The molecule has 0 fully saturated rings. The summed E-state index contributed by atoms with van der Waals surface area (Å²) in [5, 5.41) is 1.13. The van der Waals surface area contributed by atoms with Crippen LogP contribution in [0, 0.1) is 12.1 Å². The largest absolute Gasteiger partial charge is 0.305 e. The van der Waals surface area contributed by atoms with Crippen molar-refractivity contribution >= 4 is 17.0 Å². The van der Waals surface area contributed by atoms with Gasteiger partial charge in [-0.1, -0.05) is 63.8 Å². The molecule has 0 saturated carbocycles. The molecule has 2 heterocycles. The fourth-order valence-electron chi connectivity index (χ4n) is 3.55. The third-order valence-corrected chi connectivity index (χ3v) is 5.55. The Kier molecular flexibility index (Phi) is 8.87. The Labute approximate surface area is 222 Å². The number of benzene rings is 3. The van der Waals surface area contributed by atoms with Crippen LogP contribution >= 0.6 is 0 Å². The summed E-state index contributed by atoms with van der Waals surface area (Å²) in [6.45, 7) is 10.4. The second-order valence-electron chi connectivity index (χ2n) is 9.09. The summed E-state index contributed by atoms with van der Waals surface area (Å²) in [6.07, 6.45) is 3.64. The van der Waals surface area contributed by atoms with Gasteiger partial charge in [0, 0.05) is 26.3 Å². The Bertz CT molecular complexity index is 1330. The van der Waals surface area contributed by atoms with E-state index in [0.29, 0.717) is 0 Å². The first-order valence-corrected chi connectivity index (χ1v) is 11.4. The van der Waals surface area contributed by atoms with E-state index in [9.17, 15) is 0 Å². The number of fused-ring (bicyclic) bond motifs is 1. The third kappa shape index (κ3) is 6.82. The first kappa shape index (κ1) is 26.2. The van der Waals surface area contributed by atoms with Gasteiger partial charge in [-0.2, -0.15) is 0 Å². The van der Waals surface area contributed by atoms with Crippen LogP contribution in [0.5, 0.6) is 0 Å². The number of aromatic nitrogens is 2. The molecule has 177 valence electrons. The zero-order valence-corrected chi connectivity index (χ0v) is 22.6. The number of hydrogen-bond acceptors (Lipinski definition) is 2. The number of hydrogen-bond donors (Lipinski definition) is 0. The number of pyridine rings is 2. The minimum Gasteiger partial charge on any atom is -0.305 e. The van der Waals surface area contributed by atoms with Crippen molar-refractivity contribution in [2.75, 3.05) is 0 Å². The van der Waals surface area contributed by atoms with E-state index in [1.165, 1.54) is 5.56 Å². The molecule has 2 nitrogen and oxygen atoms in total. The molecule has 1 radical (unpaired) electrons. The molecule has 0 aliphatic carbocycles. The molecule has 0 bridgehead atoms. The van der Waals surface area contributed by atoms with Gasteiger partial charge < -0.3 is 4.98 Å². The van der Waals surface area contributed by atoms with E-state index in [1.54, 1.807) is 6.20 Å². The summed E-state index contributed by atoms with van der Waals surface area (Å²) in [5.41, 5.74) is 7.54. The fraction of sp³-hybridized carbons (Fsp3) is 0.125. The van der Waals surface area contributed by atoms with Gasteiger partial charge in [0.1, 0.15) is 0 Å². The molecule has 35 heavy (non-hydrogen) atoms. The molecule has 0 aliphatic rings. The maximum Gasteiger partial charge on any atom is 0.0595 e. The maximum absolute atomic E-state index is 4.75. The Morgan fingerprint density at radius 3 is 2.23 bits per heavy atom. The van der Waals surface area contributed by atoms with Crippen LogP contribution in [0.4, 0.5) is 0 Å². The van der Waals surface area contributed by atoms with E-state index < -0.39 is 0 Å². The van der Waals surface area contributed by atoms with Gasteiger partial charge in [-0.3, -0.25) is 4.98 Å². The van der Waals surface area contributed by atoms with Crippen LogP contribution in [0.25, 0.3) is 39.5 Å². The second-order valence-corrected chi connectivity index (χ2v) is 9.09. The van der Waals surface area contributed by atoms with Crippen LogP contribution in [0.2, 0.25) is 0 Å². The quantitative estimate of drug-likeness (QED) is 0.188. The van der Waals surface area contributed by atoms with Crippen molar-refractivity contribution in [3.8, 4) is 22.5 Å². The topological polar surface area (TPSA) is 25.8 Å². The molecule has 0 aliphatic heterocycles. The molecular formula is C32H28IrN2-2. The molecule has 3 aromatic carbocycles. The van der Waals surface area contributed by atoms with Gasteiger partial charge in [0.25, 0.3) is 0 Å². The monoisotopic (exact) mass is 633 g/mol. The first-order valence-electron chi connectivity index (χ1n) is 11.4. The third-order valence-electron chi connectivity index (χ3n) is 5.55. The molecule has 3 heteroatoms. The van der Waals surface area contributed by atoms with E-state index in [4.69, 9.17) is 4.98 Å². The van der Waals surface area contributed by atoms with Crippen molar-refractivity contribution in [1.29, 1.82) is 0 Å². The zero-order chi connectivity index (χ0) is 24.0. The van der Waals surface area contributed by atoms with Crippen LogP contribution in [0.3, 0.4) is 0 Å². The minimum absolute atomic E-state index is 0. The van der Waals surface area contributed by atoms with E-state index in [2.05, 4.69) is 80.9 Å². The fourth-order valence-corrected chi connectivity index (χ4v) is 3.55. The number of rotatable bonds is 3. The summed E-state index contributed by atoms with van der Waals surface area (Å²) in [7, 11) is 0. The van der Waals surface area contributed by atoms with Crippen molar-refractivity contribution < 1.29 is 20.1 Å². The van der Waals surface area contributed by atoms with Gasteiger partial charge in [-0.25, -0.2) is 0 Å². The van der Waals surface area contributed by atoms with Crippen LogP contribution in [-0.4, -0.2) is 9.97 Å². The van der Waals surface area contributed by atoms with Crippen LogP contribution in [-0.2, 0) is 25.5 Å². The Hall–Kier alpha value is -3.39. The van der Waals surface area contributed by atoms with Gasteiger partial charge in [0.2, 0.25) is 0 Å². The summed E-state index contributed by atoms with van der Waals surface area (Å²) in [4.78, 5) is 8.96. The van der Waals surface area contributed by atoms with E-state index in [1.807, 2.05) is 60.7 Å². The van der Waals surface area contributed by atoms with Gasteiger partial charge >= 0.3 is 0 Å². The summed E-state index contributed by atoms with van der Waals surface area (Å²) in [6, 6.07) is 36.9. The Balaban J connectivity index is 0.000000223. The predicted molar refractivity (Wildman–Crippen MR) is 143 cm³/mol. The molecule has 5 aromatic rings. The summed E-state index contributed by atoms with van der Waals surface area (Å²) >= 11 is 0. The smallest absolute Gasteiger partial charge is 0.0595 e. The SMILES string of the molecule is C=Cc1ccc2nc(-c3[c-]cc(C(C)(C)C)cc3)ccc2c1.[Ir].[c-]1ccccc1-c1ccccn1. The van der Waals surface area contributed by atoms with Crippen molar-refractivity contribution in [2.24, 2.45) is 0 Å². The molecule has 0 spiro atoms. The average Bonchev–Trinajstić information content (AvgIpc) is 2.89. The molecule has 0 amide bonds. The maximum atomic E-state index is 4.75. The van der Waals surface area contributed by atoms with E-state index in [-0.39, 0.29) is 25.5 Å². The second kappa shape index (κ2) is 11.8. The van der Waals surface area contributed by atoms with Gasteiger partial charge in [0.15, 0.2) is 0 Å². The van der Waals surface area contributed by atoms with Crippen molar-refractivity contribution in [2.45, 2.75) is 26.2 Å².